The number of methoxy groups -OCH3 is 1. The number of aliphatic imine (C=N–C) groups is 1. The highest BCUT2D eigenvalue weighted by Gasteiger charge is 2.44. The van der Waals surface area contributed by atoms with Crippen LogP contribution in [0.2, 0.25) is 10.0 Å². The maximum absolute atomic E-state index is 14.5. The number of urea groups is 1. The van der Waals surface area contributed by atoms with Gasteiger partial charge in [0.25, 0.3) is 0 Å². The summed E-state index contributed by atoms with van der Waals surface area (Å²) in [6.07, 6.45) is 3.88. The van der Waals surface area contributed by atoms with Crippen molar-refractivity contribution in [1.29, 1.82) is 0 Å². The first-order chi connectivity index (χ1) is 19.4. The molecule has 0 saturated carbocycles. The second-order valence-corrected chi connectivity index (χ2v) is 11.7. The van der Waals surface area contributed by atoms with Crippen LogP contribution in [0, 0.1) is 0 Å². The second-order valence-electron chi connectivity index (χ2n) is 9.97. The van der Waals surface area contributed by atoms with E-state index in [2.05, 4.69) is 23.6 Å². The molecule has 2 heterocycles. The van der Waals surface area contributed by atoms with Crippen molar-refractivity contribution in [2.24, 2.45) is 4.99 Å². The van der Waals surface area contributed by atoms with Gasteiger partial charge >= 0.3 is 6.03 Å². The number of hydrogen-bond acceptors (Lipinski definition) is 5. The lowest BCUT2D eigenvalue weighted by molar-refractivity contribution is 0.146. The Hall–Kier alpha value is -2.71. The van der Waals surface area contributed by atoms with E-state index in [0.29, 0.717) is 29.0 Å². The second kappa shape index (κ2) is 12.9. The van der Waals surface area contributed by atoms with Crippen molar-refractivity contribution in [1.82, 2.24) is 14.1 Å². The number of rotatable bonds is 7. The zero-order chi connectivity index (χ0) is 28.2. The Bertz CT molecular complexity index is 1360. The van der Waals surface area contributed by atoms with Gasteiger partial charge in [-0.25, -0.2) is 9.10 Å². The highest BCUT2D eigenvalue weighted by Crippen LogP contribution is 2.45. The maximum Gasteiger partial charge on any atom is 0.326 e. The van der Waals surface area contributed by atoms with E-state index in [1.54, 1.807) is 19.1 Å². The third kappa shape index (κ3) is 5.98. The molecule has 0 aromatic heterocycles. The van der Waals surface area contributed by atoms with Gasteiger partial charge in [-0.05, 0) is 71.8 Å². The average Bonchev–Trinajstić information content (AvgIpc) is 3.38. The van der Waals surface area contributed by atoms with E-state index in [-0.39, 0.29) is 18.1 Å². The molecule has 3 aromatic rings. The fraction of sp³-hybridized carbons (Fsp3) is 0.355. The predicted octanol–water partition coefficient (Wildman–Crippen LogP) is 7.51. The number of ether oxygens (including phenoxy) is 1. The summed E-state index contributed by atoms with van der Waals surface area (Å²) in [6.45, 7) is 5.12. The third-order valence-corrected chi connectivity index (χ3v) is 8.92. The molecule has 2 aliphatic heterocycles. The van der Waals surface area contributed by atoms with Crippen molar-refractivity contribution >= 4 is 47.0 Å². The maximum atomic E-state index is 14.5. The van der Waals surface area contributed by atoms with Gasteiger partial charge in [0.2, 0.25) is 0 Å². The fourth-order valence-corrected chi connectivity index (χ4v) is 6.24. The molecule has 1 saturated heterocycles. The molecule has 0 aliphatic carbocycles. The highest BCUT2D eigenvalue weighted by atomic mass is 35.5. The molecular weight excluding hydrogens is 563 g/mol. The van der Waals surface area contributed by atoms with Gasteiger partial charge in [0.15, 0.2) is 0 Å². The molecule has 2 amide bonds. The summed E-state index contributed by atoms with van der Waals surface area (Å²) in [4.78, 5) is 23.7. The lowest BCUT2D eigenvalue weighted by atomic mass is 9.93. The van der Waals surface area contributed by atoms with Crippen molar-refractivity contribution in [2.45, 2.75) is 31.8 Å². The summed E-state index contributed by atoms with van der Waals surface area (Å²) in [5.74, 6) is 1.48. The van der Waals surface area contributed by atoms with Crippen LogP contribution in [-0.4, -0.2) is 65.5 Å². The Balaban J connectivity index is 1.66. The first-order valence-electron chi connectivity index (χ1n) is 13.6. The molecule has 3 aromatic carbocycles. The average molecular weight is 598 g/mol. The molecule has 210 valence electrons. The minimum Gasteiger partial charge on any atom is -0.497 e. The van der Waals surface area contributed by atoms with Gasteiger partial charge in [-0.2, -0.15) is 0 Å². The van der Waals surface area contributed by atoms with E-state index in [4.69, 9.17) is 32.9 Å². The number of aryl methyl sites for hydroxylation is 1. The van der Waals surface area contributed by atoms with E-state index >= 15 is 0 Å². The minimum absolute atomic E-state index is 0.0332. The van der Waals surface area contributed by atoms with E-state index in [1.807, 2.05) is 70.5 Å². The number of amidine groups is 1. The van der Waals surface area contributed by atoms with Crippen LogP contribution >= 0.6 is 35.1 Å². The summed E-state index contributed by atoms with van der Waals surface area (Å²) in [7, 11) is 1.68. The molecule has 2 unspecified atom stereocenters. The fourth-order valence-electron chi connectivity index (χ4n) is 5.46. The lowest BCUT2D eigenvalue weighted by Gasteiger charge is -2.38. The summed E-state index contributed by atoms with van der Waals surface area (Å²) in [5.41, 5.74) is 4.03. The van der Waals surface area contributed by atoms with Crippen LogP contribution in [-0.2, 0) is 6.42 Å². The van der Waals surface area contributed by atoms with Gasteiger partial charge in [-0.1, -0.05) is 72.8 Å². The topological polar surface area (TPSA) is 48.4 Å². The Morgan fingerprint density at radius 2 is 1.57 bits per heavy atom. The lowest BCUT2D eigenvalue weighted by Crippen LogP contribution is -2.53. The van der Waals surface area contributed by atoms with Gasteiger partial charge in [-0.15, -0.1) is 0 Å². The van der Waals surface area contributed by atoms with E-state index in [0.717, 1.165) is 53.9 Å². The number of hydrogen-bond donors (Lipinski definition) is 0. The van der Waals surface area contributed by atoms with Crippen molar-refractivity contribution in [3.05, 3.63) is 99.0 Å². The summed E-state index contributed by atoms with van der Waals surface area (Å²) in [5, 5.41) is 1.31. The molecule has 5 rings (SSSR count). The smallest absolute Gasteiger partial charge is 0.326 e. The zero-order valence-corrected chi connectivity index (χ0v) is 25.3. The Labute approximate surface area is 251 Å². The van der Waals surface area contributed by atoms with Crippen molar-refractivity contribution in [2.75, 3.05) is 39.5 Å². The van der Waals surface area contributed by atoms with Crippen LogP contribution in [0.25, 0.3) is 0 Å². The monoisotopic (exact) mass is 596 g/mol. The Morgan fingerprint density at radius 1 is 0.950 bits per heavy atom. The van der Waals surface area contributed by atoms with Crippen molar-refractivity contribution < 1.29 is 9.53 Å². The first kappa shape index (κ1) is 28.8. The molecule has 0 N–H and O–H groups in total. The van der Waals surface area contributed by atoms with Gasteiger partial charge in [0, 0.05) is 41.8 Å². The summed E-state index contributed by atoms with van der Waals surface area (Å²) >= 11 is 14.3. The summed E-state index contributed by atoms with van der Waals surface area (Å²) < 4.78 is 7.84. The highest BCUT2D eigenvalue weighted by molar-refractivity contribution is 7.96. The minimum atomic E-state index is -0.351. The first-order valence-corrected chi connectivity index (χ1v) is 15.5. The van der Waals surface area contributed by atoms with Gasteiger partial charge < -0.3 is 9.64 Å². The van der Waals surface area contributed by atoms with Crippen LogP contribution in [0.5, 0.6) is 5.75 Å². The number of nitrogens with zero attached hydrogens (tertiary/aromatic N) is 4. The predicted molar refractivity (Wildman–Crippen MR) is 166 cm³/mol. The van der Waals surface area contributed by atoms with Gasteiger partial charge in [-0.3, -0.25) is 9.89 Å². The molecule has 6 nitrogen and oxygen atoms in total. The van der Waals surface area contributed by atoms with Gasteiger partial charge in [0.05, 0.1) is 13.2 Å². The van der Waals surface area contributed by atoms with E-state index in [1.165, 1.54) is 0 Å². The molecule has 2 atom stereocenters. The Kier molecular flexibility index (Phi) is 9.26. The standard InChI is InChI=1S/C31H34Cl2N4O2S/c1-4-5-23-20-26(39-2)14-15-27(23)30-34-28(21-6-10-24(32)11-7-21)29(22-8-12-25(33)13-9-22)37(30)31(38)35-16-18-36(40-3)19-17-35/h6-15,20,28-29H,4-5,16-19H2,1-3H3. The van der Waals surface area contributed by atoms with E-state index in [9.17, 15) is 4.79 Å². The summed E-state index contributed by atoms with van der Waals surface area (Å²) in [6, 6.07) is 20.9. The molecule has 1 fully saturated rings. The van der Waals surface area contributed by atoms with Crippen molar-refractivity contribution in [3.63, 3.8) is 0 Å². The molecule has 9 heteroatoms. The van der Waals surface area contributed by atoms with Crippen LogP contribution in [0.15, 0.2) is 71.7 Å². The normalized spacial score (nSPS) is 19.6. The van der Waals surface area contributed by atoms with Crippen LogP contribution < -0.4 is 4.74 Å². The molecule has 40 heavy (non-hydrogen) atoms. The van der Waals surface area contributed by atoms with Crippen LogP contribution in [0.3, 0.4) is 0 Å². The molecule has 0 radical (unpaired) electrons. The molecular formula is C31H34Cl2N4O2S. The zero-order valence-electron chi connectivity index (χ0n) is 23.0. The van der Waals surface area contributed by atoms with E-state index < -0.39 is 0 Å². The van der Waals surface area contributed by atoms with Gasteiger partial charge in [0.1, 0.15) is 17.6 Å². The number of carbonyl (C=O) groups is 1. The number of benzene rings is 3. The SMILES string of the molecule is CCCc1cc(OC)ccc1C1=NC(c2ccc(Cl)cc2)C(c2ccc(Cl)cc2)N1C(=O)N1CCN(SC)CC1. The molecule has 0 spiro atoms. The Morgan fingerprint density at radius 3 is 2.15 bits per heavy atom. The number of piperazine rings is 1. The largest absolute Gasteiger partial charge is 0.497 e. The quantitative estimate of drug-likeness (QED) is 0.265. The molecule has 2 aliphatic rings. The number of carbonyl (C=O) groups excluding carboxylic acids is 1. The van der Waals surface area contributed by atoms with Crippen LogP contribution in [0.4, 0.5) is 4.79 Å². The number of halogens is 2. The van der Waals surface area contributed by atoms with Crippen molar-refractivity contribution in [3.8, 4) is 5.75 Å². The number of amides is 2. The molecule has 0 bridgehead atoms. The van der Waals surface area contributed by atoms with Crippen LogP contribution in [0.1, 0.15) is 47.7 Å². The third-order valence-electron chi connectivity index (χ3n) is 7.54.